The van der Waals surface area contributed by atoms with Crippen molar-refractivity contribution in [3.63, 3.8) is 0 Å². The lowest BCUT2D eigenvalue weighted by molar-refractivity contribution is -0.309. The quantitative estimate of drug-likeness (QED) is 0.713. The van der Waals surface area contributed by atoms with Crippen LogP contribution < -0.4 is 9.84 Å². The van der Waals surface area contributed by atoms with Crippen molar-refractivity contribution in [2.24, 2.45) is 0 Å². The molecule has 1 saturated heterocycles. The minimum absolute atomic E-state index is 0.172. The Hall–Kier alpha value is -3.06. The van der Waals surface area contributed by atoms with E-state index in [1.807, 2.05) is 30.3 Å². The van der Waals surface area contributed by atoms with E-state index in [1.165, 1.54) is 6.92 Å². The Labute approximate surface area is 160 Å². The Bertz CT molecular complexity index is 892. The molecule has 2 amide bonds. The fourth-order valence-corrected chi connectivity index (χ4v) is 3.38. The highest BCUT2D eigenvalue weighted by Gasteiger charge is 2.38. The van der Waals surface area contributed by atoms with E-state index in [1.54, 1.807) is 30.3 Å². The molecule has 0 radical (unpaired) electrons. The van der Waals surface area contributed by atoms with E-state index in [2.05, 4.69) is 0 Å². The van der Waals surface area contributed by atoms with E-state index >= 15 is 0 Å². The lowest BCUT2D eigenvalue weighted by Crippen LogP contribution is -2.48. The van der Waals surface area contributed by atoms with Crippen LogP contribution in [0.5, 0.6) is 5.75 Å². The van der Waals surface area contributed by atoms with E-state index in [-0.39, 0.29) is 4.91 Å². The Balaban J connectivity index is 1.68. The van der Waals surface area contributed by atoms with Gasteiger partial charge in [-0.15, -0.1) is 0 Å². The van der Waals surface area contributed by atoms with Crippen molar-refractivity contribution in [2.45, 2.75) is 19.6 Å². The van der Waals surface area contributed by atoms with Crippen LogP contribution in [0.4, 0.5) is 4.79 Å². The van der Waals surface area contributed by atoms with Crippen LogP contribution in [0.25, 0.3) is 6.08 Å². The van der Waals surface area contributed by atoms with Crippen molar-refractivity contribution in [1.29, 1.82) is 0 Å². The summed E-state index contributed by atoms with van der Waals surface area (Å²) in [6, 6.07) is 15.5. The topological polar surface area (TPSA) is 86.7 Å². The summed E-state index contributed by atoms with van der Waals surface area (Å²) in [6.07, 6.45) is 1.55. The molecule has 0 N–H and O–H groups in total. The number of benzene rings is 2. The monoisotopic (exact) mass is 382 g/mol. The minimum atomic E-state index is -1.47. The molecule has 138 valence electrons. The van der Waals surface area contributed by atoms with Gasteiger partial charge in [0.05, 0.1) is 16.9 Å². The molecule has 1 aliphatic rings. The van der Waals surface area contributed by atoms with E-state index in [0.29, 0.717) is 34.6 Å². The molecule has 0 saturated carbocycles. The maximum absolute atomic E-state index is 12.3. The summed E-state index contributed by atoms with van der Waals surface area (Å²) >= 11 is 0.710. The highest BCUT2D eigenvalue weighted by atomic mass is 32.2. The average Bonchev–Trinajstić information content (AvgIpc) is 2.94. The van der Waals surface area contributed by atoms with Crippen LogP contribution in [0.1, 0.15) is 18.1 Å². The first-order chi connectivity index (χ1) is 13.0. The van der Waals surface area contributed by atoms with E-state index in [4.69, 9.17) is 4.74 Å². The third-order valence-corrected chi connectivity index (χ3v) is 4.86. The number of rotatable bonds is 6. The smallest absolute Gasteiger partial charge is 0.294 e. The van der Waals surface area contributed by atoms with Gasteiger partial charge in [-0.05, 0) is 48.0 Å². The molecular weight excluding hydrogens is 366 g/mol. The number of aliphatic carboxylic acids is 1. The van der Waals surface area contributed by atoms with Crippen LogP contribution in [-0.2, 0) is 16.2 Å². The number of carboxylic acid groups (broad SMARTS) is 1. The number of carbonyl (C=O) groups is 3. The number of ether oxygens (including phenoxy) is 1. The van der Waals surface area contributed by atoms with Gasteiger partial charge in [0, 0.05) is 0 Å². The van der Waals surface area contributed by atoms with Crippen LogP contribution >= 0.6 is 11.8 Å². The second kappa shape index (κ2) is 8.09. The number of hydrogen-bond acceptors (Lipinski definition) is 6. The number of amides is 2. The lowest BCUT2D eigenvalue weighted by Gasteiger charge is -2.21. The fraction of sp³-hybridized carbons (Fsp3) is 0.150. The molecule has 2 aromatic carbocycles. The molecule has 6 nitrogen and oxygen atoms in total. The fourth-order valence-electron chi connectivity index (χ4n) is 2.47. The van der Waals surface area contributed by atoms with E-state index in [0.717, 1.165) is 5.56 Å². The van der Waals surface area contributed by atoms with E-state index in [9.17, 15) is 19.5 Å². The lowest BCUT2D eigenvalue weighted by atomic mass is 10.2. The summed E-state index contributed by atoms with van der Waals surface area (Å²) < 4.78 is 5.70. The number of imide groups is 1. The molecule has 1 heterocycles. The SMILES string of the molecule is C[C@@H](C(=O)[O-])N1C(=O)S/C(=C\c2ccc(OCc3ccccc3)cc2)C1=O. The summed E-state index contributed by atoms with van der Waals surface area (Å²) in [5.41, 5.74) is 1.76. The zero-order valence-corrected chi connectivity index (χ0v) is 15.3. The number of thioether (sulfide) groups is 1. The Morgan fingerprint density at radius 2 is 1.81 bits per heavy atom. The minimum Gasteiger partial charge on any atom is -0.548 e. The van der Waals surface area contributed by atoms with Gasteiger partial charge in [-0.25, -0.2) is 0 Å². The van der Waals surface area contributed by atoms with Crippen LogP contribution in [0, 0.1) is 0 Å². The van der Waals surface area contributed by atoms with Gasteiger partial charge in [0.15, 0.2) is 0 Å². The van der Waals surface area contributed by atoms with Crippen molar-refractivity contribution in [3.05, 3.63) is 70.6 Å². The maximum Gasteiger partial charge on any atom is 0.294 e. The summed E-state index contributed by atoms with van der Waals surface area (Å²) in [5.74, 6) is -1.43. The molecule has 27 heavy (non-hydrogen) atoms. The Kier molecular flexibility index (Phi) is 5.61. The third-order valence-electron chi connectivity index (χ3n) is 3.98. The summed E-state index contributed by atoms with van der Waals surface area (Å²) in [5, 5.41) is 10.3. The molecule has 0 bridgehead atoms. The third kappa shape index (κ3) is 4.38. The van der Waals surface area contributed by atoms with Crippen molar-refractivity contribution in [2.75, 3.05) is 0 Å². The second-order valence-corrected chi connectivity index (χ2v) is 6.88. The standard InChI is InChI=1S/C20H17NO5S/c1-13(19(23)24)21-18(22)17(27-20(21)25)11-14-7-9-16(10-8-14)26-12-15-5-3-2-4-6-15/h2-11,13H,12H2,1H3,(H,23,24)/p-1/b17-11-/t13-/m0/s1. The maximum atomic E-state index is 12.3. The zero-order chi connectivity index (χ0) is 19.4. The van der Waals surface area contributed by atoms with Gasteiger partial charge < -0.3 is 14.6 Å². The van der Waals surface area contributed by atoms with Gasteiger partial charge in [0.2, 0.25) is 0 Å². The van der Waals surface area contributed by atoms with Gasteiger partial charge in [-0.1, -0.05) is 42.5 Å². The second-order valence-electron chi connectivity index (χ2n) is 5.89. The summed E-state index contributed by atoms with van der Waals surface area (Å²) in [7, 11) is 0. The molecule has 1 fully saturated rings. The molecular formula is C20H16NO5S-. The first-order valence-electron chi connectivity index (χ1n) is 8.20. The van der Waals surface area contributed by atoms with Crippen LogP contribution in [0.2, 0.25) is 0 Å². The number of carbonyl (C=O) groups excluding carboxylic acids is 3. The largest absolute Gasteiger partial charge is 0.548 e. The van der Waals surface area contributed by atoms with Crippen LogP contribution in [-0.4, -0.2) is 28.1 Å². The number of hydrogen-bond donors (Lipinski definition) is 0. The molecule has 3 rings (SSSR count). The molecule has 2 aromatic rings. The van der Waals surface area contributed by atoms with Gasteiger partial charge in [0.1, 0.15) is 12.4 Å². The molecule has 1 aliphatic heterocycles. The first-order valence-corrected chi connectivity index (χ1v) is 9.02. The van der Waals surface area contributed by atoms with Crippen molar-refractivity contribution < 1.29 is 24.2 Å². The van der Waals surface area contributed by atoms with Crippen molar-refractivity contribution in [3.8, 4) is 5.75 Å². The van der Waals surface area contributed by atoms with Crippen LogP contribution in [0.15, 0.2) is 59.5 Å². The van der Waals surface area contributed by atoms with E-state index < -0.39 is 23.2 Å². The predicted octanol–water partition coefficient (Wildman–Crippen LogP) is 2.44. The first kappa shape index (κ1) is 18.7. The molecule has 1 atom stereocenters. The van der Waals surface area contributed by atoms with Crippen LogP contribution in [0.3, 0.4) is 0 Å². The van der Waals surface area contributed by atoms with Gasteiger partial charge >= 0.3 is 0 Å². The average molecular weight is 382 g/mol. The van der Waals surface area contributed by atoms with Gasteiger partial charge in [-0.3, -0.25) is 14.5 Å². The zero-order valence-electron chi connectivity index (χ0n) is 14.5. The summed E-state index contributed by atoms with van der Waals surface area (Å²) in [4.78, 5) is 36.0. The summed E-state index contributed by atoms with van der Waals surface area (Å²) in [6.45, 7) is 1.69. The molecule has 0 aliphatic carbocycles. The molecule has 0 aromatic heterocycles. The highest BCUT2D eigenvalue weighted by Crippen LogP contribution is 2.33. The highest BCUT2D eigenvalue weighted by molar-refractivity contribution is 8.18. The predicted molar refractivity (Wildman–Crippen MR) is 99.5 cm³/mol. The Morgan fingerprint density at radius 3 is 2.44 bits per heavy atom. The van der Waals surface area contributed by atoms with Crippen molar-refractivity contribution in [1.82, 2.24) is 4.90 Å². The normalized spacial score (nSPS) is 16.6. The van der Waals surface area contributed by atoms with Gasteiger partial charge in [0.25, 0.3) is 11.1 Å². The molecule has 0 unspecified atom stereocenters. The molecule has 7 heteroatoms. The number of carboxylic acids is 1. The molecule has 0 spiro atoms. The van der Waals surface area contributed by atoms with Crippen molar-refractivity contribution >= 4 is 35.0 Å². The van der Waals surface area contributed by atoms with Gasteiger partial charge in [-0.2, -0.15) is 0 Å². The Morgan fingerprint density at radius 1 is 1.15 bits per heavy atom. The number of nitrogens with zero attached hydrogens (tertiary/aromatic N) is 1.